The van der Waals surface area contributed by atoms with Gasteiger partial charge < -0.3 is 10.3 Å². The van der Waals surface area contributed by atoms with Crippen LogP contribution in [0.1, 0.15) is 56.3 Å². The lowest BCUT2D eigenvalue weighted by Crippen LogP contribution is -2.12. The molecule has 1 aromatic heterocycles. The molecule has 1 aromatic rings. The Morgan fingerprint density at radius 3 is 2.92 bits per heavy atom. The number of nitrogens with zero attached hydrogens (tertiary/aromatic N) is 2. The molecular weight excluding hydrogens is 166 g/mol. The molecule has 1 atom stereocenters. The van der Waals surface area contributed by atoms with Gasteiger partial charge in [0.1, 0.15) is 0 Å². The summed E-state index contributed by atoms with van der Waals surface area (Å²) in [6.07, 6.45) is 4.52. The lowest BCUT2D eigenvalue weighted by Gasteiger charge is -2.20. The van der Waals surface area contributed by atoms with Gasteiger partial charge in [-0.25, -0.2) is 0 Å². The summed E-state index contributed by atoms with van der Waals surface area (Å²) in [5, 5.41) is 3.94. The second-order valence-electron chi connectivity index (χ2n) is 3.63. The highest BCUT2D eigenvalue weighted by atomic mass is 16.5. The molecule has 0 aliphatic heterocycles. The van der Waals surface area contributed by atoms with Crippen LogP contribution in [0, 0.1) is 0 Å². The fourth-order valence-corrected chi connectivity index (χ4v) is 1.40. The average molecular weight is 181 g/mol. The molecule has 4 heteroatoms. The van der Waals surface area contributed by atoms with Crippen molar-refractivity contribution in [1.29, 1.82) is 0 Å². The fraction of sp³-hybridized carbons (Fsp3) is 0.778. The van der Waals surface area contributed by atoms with E-state index < -0.39 is 0 Å². The molecule has 1 fully saturated rings. The number of hydrogen-bond donors (Lipinski definition) is 1. The highest BCUT2D eigenvalue weighted by Gasteiger charge is 2.25. The van der Waals surface area contributed by atoms with E-state index in [0.717, 1.165) is 12.2 Å². The first kappa shape index (κ1) is 8.69. The maximum absolute atomic E-state index is 5.77. The van der Waals surface area contributed by atoms with Gasteiger partial charge in [-0.15, -0.1) is 0 Å². The minimum absolute atomic E-state index is 0.0960. The molecule has 1 aliphatic rings. The summed E-state index contributed by atoms with van der Waals surface area (Å²) in [5.41, 5.74) is 5.77. The van der Waals surface area contributed by atoms with E-state index in [1.165, 1.54) is 19.3 Å². The molecule has 1 saturated carbocycles. The van der Waals surface area contributed by atoms with Crippen LogP contribution in [0.4, 0.5) is 0 Å². The Labute approximate surface area is 77.5 Å². The molecule has 1 aliphatic carbocycles. The predicted octanol–water partition coefficient (Wildman–Crippen LogP) is 1.75. The van der Waals surface area contributed by atoms with Crippen LogP contribution in [0.15, 0.2) is 4.52 Å². The zero-order valence-corrected chi connectivity index (χ0v) is 7.86. The molecule has 0 saturated heterocycles. The molecule has 72 valence electrons. The molecule has 0 spiro atoms. The molecule has 4 nitrogen and oxygen atoms in total. The Hall–Kier alpha value is -0.900. The highest BCUT2D eigenvalue weighted by Crippen LogP contribution is 2.34. The lowest BCUT2D eigenvalue weighted by molar-refractivity contribution is 0.333. The Kier molecular flexibility index (Phi) is 2.31. The molecular formula is C9H15N3O. The Morgan fingerprint density at radius 1 is 1.62 bits per heavy atom. The van der Waals surface area contributed by atoms with Gasteiger partial charge in [-0.2, -0.15) is 4.98 Å². The zero-order chi connectivity index (χ0) is 9.26. The first-order valence-corrected chi connectivity index (χ1v) is 4.90. The van der Waals surface area contributed by atoms with Gasteiger partial charge in [0.2, 0.25) is 5.89 Å². The molecule has 1 heterocycles. The van der Waals surface area contributed by atoms with Gasteiger partial charge in [0.15, 0.2) is 5.82 Å². The molecule has 0 radical (unpaired) electrons. The van der Waals surface area contributed by atoms with Gasteiger partial charge in [-0.3, -0.25) is 0 Å². The summed E-state index contributed by atoms with van der Waals surface area (Å²) >= 11 is 0. The molecule has 0 bridgehead atoms. The number of aromatic nitrogens is 2. The summed E-state index contributed by atoms with van der Waals surface area (Å²) < 4.78 is 5.09. The highest BCUT2D eigenvalue weighted by molar-refractivity contribution is 5.01. The van der Waals surface area contributed by atoms with E-state index in [1.807, 2.05) is 6.92 Å². The maximum atomic E-state index is 5.77. The van der Waals surface area contributed by atoms with Crippen molar-refractivity contribution in [1.82, 2.24) is 10.1 Å². The number of hydrogen-bond acceptors (Lipinski definition) is 4. The molecule has 0 amide bonds. The quantitative estimate of drug-likeness (QED) is 0.771. The second-order valence-corrected chi connectivity index (χ2v) is 3.63. The topological polar surface area (TPSA) is 64.9 Å². The molecule has 0 aromatic carbocycles. The van der Waals surface area contributed by atoms with E-state index in [9.17, 15) is 0 Å². The summed E-state index contributed by atoms with van der Waals surface area (Å²) in [6, 6.07) is -0.0960. The van der Waals surface area contributed by atoms with Gasteiger partial charge in [-0.05, 0) is 19.3 Å². The minimum Gasteiger partial charge on any atom is -0.338 e. The van der Waals surface area contributed by atoms with E-state index in [1.54, 1.807) is 0 Å². The van der Waals surface area contributed by atoms with Gasteiger partial charge in [-0.1, -0.05) is 18.5 Å². The third kappa shape index (κ3) is 1.58. The Bertz CT molecular complexity index is 261. The molecule has 2 N–H and O–H groups in total. The van der Waals surface area contributed by atoms with Crippen LogP contribution >= 0.6 is 0 Å². The van der Waals surface area contributed by atoms with E-state index in [2.05, 4.69) is 10.1 Å². The van der Waals surface area contributed by atoms with Gasteiger partial charge in [0, 0.05) is 5.92 Å². The molecule has 2 rings (SSSR count). The second kappa shape index (κ2) is 3.46. The van der Waals surface area contributed by atoms with Gasteiger partial charge in [0.25, 0.3) is 0 Å². The molecule has 0 unspecified atom stereocenters. The van der Waals surface area contributed by atoms with Crippen molar-refractivity contribution in [2.75, 3.05) is 0 Å². The van der Waals surface area contributed by atoms with Gasteiger partial charge >= 0.3 is 0 Å². The van der Waals surface area contributed by atoms with E-state index in [4.69, 9.17) is 10.3 Å². The third-order valence-corrected chi connectivity index (χ3v) is 2.68. The third-order valence-electron chi connectivity index (χ3n) is 2.68. The van der Waals surface area contributed by atoms with Crippen molar-refractivity contribution in [3.05, 3.63) is 11.7 Å². The van der Waals surface area contributed by atoms with E-state index in [-0.39, 0.29) is 6.04 Å². The smallest absolute Gasteiger partial charge is 0.243 e. The van der Waals surface area contributed by atoms with Crippen molar-refractivity contribution in [2.45, 2.75) is 44.6 Å². The van der Waals surface area contributed by atoms with Crippen molar-refractivity contribution in [3.63, 3.8) is 0 Å². The van der Waals surface area contributed by atoms with Crippen LogP contribution in [0.3, 0.4) is 0 Å². The first-order valence-electron chi connectivity index (χ1n) is 4.90. The van der Waals surface area contributed by atoms with Crippen molar-refractivity contribution >= 4 is 0 Å². The van der Waals surface area contributed by atoms with Crippen molar-refractivity contribution in [3.8, 4) is 0 Å². The fourth-order valence-electron chi connectivity index (χ4n) is 1.40. The van der Waals surface area contributed by atoms with Crippen LogP contribution in [-0.2, 0) is 0 Å². The largest absolute Gasteiger partial charge is 0.338 e. The Balaban J connectivity index is 2.08. The van der Waals surface area contributed by atoms with E-state index in [0.29, 0.717) is 11.8 Å². The van der Waals surface area contributed by atoms with Gasteiger partial charge in [0.05, 0.1) is 6.04 Å². The summed E-state index contributed by atoms with van der Waals surface area (Å²) in [6.45, 7) is 2.01. The SMILES string of the molecule is CC[C@H](N)c1nc(C2CCC2)no1. The van der Waals surface area contributed by atoms with E-state index >= 15 is 0 Å². The van der Waals surface area contributed by atoms with Crippen LogP contribution in [-0.4, -0.2) is 10.1 Å². The summed E-state index contributed by atoms with van der Waals surface area (Å²) in [5.74, 6) is 1.97. The standard InChI is InChI=1S/C9H15N3O/c1-2-7(10)9-11-8(12-13-9)6-4-3-5-6/h6-7H,2-5,10H2,1H3/t7-/m0/s1. The average Bonchev–Trinajstić information content (AvgIpc) is 2.49. The summed E-state index contributed by atoms with van der Waals surface area (Å²) in [4.78, 5) is 4.30. The lowest BCUT2D eigenvalue weighted by atomic mass is 9.85. The number of nitrogens with two attached hydrogens (primary N) is 1. The van der Waals surface area contributed by atoms with Crippen LogP contribution in [0.2, 0.25) is 0 Å². The maximum Gasteiger partial charge on any atom is 0.243 e. The van der Waals surface area contributed by atoms with Crippen LogP contribution in [0.5, 0.6) is 0 Å². The van der Waals surface area contributed by atoms with Crippen LogP contribution < -0.4 is 5.73 Å². The predicted molar refractivity (Wildman–Crippen MR) is 48.1 cm³/mol. The normalized spacial score (nSPS) is 19.8. The summed E-state index contributed by atoms with van der Waals surface area (Å²) in [7, 11) is 0. The van der Waals surface area contributed by atoms with Crippen molar-refractivity contribution < 1.29 is 4.52 Å². The Morgan fingerprint density at radius 2 is 2.38 bits per heavy atom. The monoisotopic (exact) mass is 181 g/mol. The molecule has 13 heavy (non-hydrogen) atoms. The number of rotatable bonds is 3. The minimum atomic E-state index is -0.0960. The van der Waals surface area contributed by atoms with Crippen LogP contribution in [0.25, 0.3) is 0 Å². The van der Waals surface area contributed by atoms with Crippen molar-refractivity contribution in [2.24, 2.45) is 5.73 Å². The first-order chi connectivity index (χ1) is 6.31. The zero-order valence-electron chi connectivity index (χ0n) is 7.86.